The van der Waals surface area contributed by atoms with E-state index in [-0.39, 0.29) is 71.8 Å². The molecule has 22 nitrogen and oxygen atoms in total. The Balaban J connectivity index is 0.000000199. The first-order valence-electron chi connectivity index (χ1n) is 39.7. The molecule has 105 heavy (non-hydrogen) atoms. The van der Waals surface area contributed by atoms with Gasteiger partial charge in [0.2, 0.25) is 12.2 Å². The summed E-state index contributed by atoms with van der Waals surface area (Å²) in [6.45, 7) is 41.5. The topological polar surface area (TPSA) is 303 Å². The van der Waals surface area contributed by atoms with Crippen LogP contribution < -0.4 is 0 Å². The molecule has 6 atom stereocenters. The molecular weight excluding hydrogens is 1350 g/mol. The molecule has 14 rings (SSSR count). The maximum atomic E-state index is 12.4. The Labute approximate surface area is 627 Å². The summed E-state index contributed by atoms with van der Waals surface area (Å²) in [6.07, 6.45) is 21.4. The minimum absolute atomic E-state index is 0.0828. The molecule has 2 heterocycles. The summed E-state index contributed by atoms with van der Waals surface area (Å²) in [4.78, 5) is 117. The lowest BCUT2D eigenvalue weighted by Gasteiger charge is -2.59. The molecule has 2 saturated heterocycles. The summed E-state index contributed by atoms with van der Waals surface area (Å²) in [5, 5.41) is 21.3. The number of ether oxygens (including phenoxy) is 10. The minimum atomic E-state index is -0.687. The maximum Gasteiger partial charge on any atom is 0.347 e. The molecule has 600 valence electrons. The second-order valence-corrected chi connectivity index (χ2v) is 38.3. The van der Waals surface area contributed by atoms with Gasteiger partial charge in [-0.25, -0.2) is 19.2 Å². The van der Waals surface area contributed by atoms with Crippen LogP contribution in [0, 0.1) is 79.8 Å². The van der Waals surface area contributed by atoms with Crippen molar-refractivity contribution in [2.24, 2.45) is 79.8 Å². The molecule has 14 fully saturated rings. The molecule has 0 amide bonds. The Morgan fingerprint density at radius 2 is 0.676 bits per heavy atom. The molecule has 14 aliphatic rings. The highest BCUT2D eigenvalue weighted by atomic mass is 16.6. The van der Waals surface area contributed by atoms with E-state index in [9.17, 15) is 58.2 Å². The average Bonchev–Trinajstić information content (AvgIpc) is 1.13. The molecule has 12 bridgehead atoms. The summed E-state index contributed by atoms with van der Waals surface area (Å²) in [7, 11) is 0. The van der Waals surface area contributed by atoms with Crippen LogP contribution in [0.1, 0.15) is 313 Å². The van der Waals surface area contributed by atoms with Crippen LogP contribution in [0.2, 0.25) is 0 Å². The van der Waals surface area contributed by atoms with Crippen LogP contribution in [-0.2, 0) is 95.3 Å². The number of aliphatic hydroxyl groups is 2. The van der Waals surface area contributed by atoms with Crippen molar-refractivity contribution in [2.75, 3.05) is 26.4 Å². The molecule has 2 N–H and O–H groups in total. The van der Waals surface area contributed by atoms with Gasteiger partial charge in [0.25, 0.3) is 0 Å². The number of carbonyl (C=O) groups excluding carboxylic acids is 10. The zero-order valence-corrected chi connectivity index (χ0v) is 68.3. The lowest BCUT2D eigenvalue weighted by molar-refractivity contribution is -0.226. The minimum Gasteiger partial charge on any atom is -0.463 e. The molecule has 0 aromatic carbocycles. The van der Waals surface area contributed by atoms with Gasteiger partial charge in [-0.15, -0.1) is 0 Å². The van der Waals surface area contributed by atoms with Crippen LogP contribution in [0.15, 0.2) is 0 Å². The normalized spacial score (nSPS) is 32.2. The molecule has 0 aromatic rings. The molecule has 0 radical (unpaired) electrons. The third-order valence-electron chi connectivity index (χ3n) is 25.6. The van der Waals surface area contributed by atoms with Crippen molar-refractivity contribution in [1.82, 2.24) is 0 Å². The van der Waals surface area contributed by atoms with Crippen molar-refractivity contribution >= 4 is 59.7 Å². The first kappa shape index (κ1) is 88.5. The van der Waals surface area contributed by atoms with Crippen LogP contribution in [0.5, 0.6) is 0 Å². The summed E-state index contributed by atoms with van der Waals surface area (Å²) < 4.78 is 52.5. The summed E-state index contributed by atoms with van der Waals surface area (Å²) in [5.74, 6) is 1.61. The van der Waals surface area contributed by atoms with Crippen LogP contribution in [0.3, 0.4) is 0 Å². The highest BCUT2D eigenvalue weighted by Crippen LogP contribution is 2.62. The smallest absolute Gasteiger partial charge is 0.347 e. The van der Waals surface area contributed by atoms with Gasteiger partial charge in [-0.1, -0.05) is 41.5 Å². The SMILES string of the molecule is CCC(C)(C)C(=O)OC12CC3CC(CC(O)(C3)C1)C2.CCC(C)(C)C(=O)OC12CC3CC(CC(O)(C3)C1)C2.CCC(C)(C)C(=O)OC1CCOC1=O.CCC(C)(C)C(=O)OC1CCOC1=O.CCC(C)(C)C(=O)OCC(=O)OC(C)(C)C.CCC(C)(C)C(=O)OCC(=O)OC1(C)C2CC3CC(C2)CC1C3. The maximum absolute atomic E-state index is 12.4. The zero-order valence-electron chi connectivity index (χ0n) is 68.3. The highest BCUT2D eigenvalue weighted by Gasteiger charge is 2.62. The van der Waals surface area contributed by atoms with E-state index in [0.29, 0.717) is 100 Å². The highest BCUT2D eigenvalue weighted by molar-refractivity contribution is 5.84. The van der Waals surface area contributed by atoms with Gasteiger partial charge in [0.1, 0.15) is 22.4 Å². The van der Waals surface area contributed by atoms with Gasteiger partial charge in [-0.2, -0.15) is 0 Å². The van der Waals surface area contributed by atoms with Crippen molar-refractivity contribution in [3.8, 4) is 0 Å². The van der Waals surface area contributed by atoms with Gasteiger partial charge in [0, 0.05) is 25.7 Å². The number of hydrogen-bond acceptors (Lipinski definition) is 22. The molecule has 6 unspecified atom stereocenters. The molecule has 2 aliphatic heterocycles. The van der Waals surface area contributed by atoms with Crippen molar-refractivity contribution < 1.29 is 106 Å². The third-order valence-corrected chi connectivity index (χ3v) is 25.6. The van der Waals surface area contributed by atoms with Gasteiger partial charge in [0.05, 0.1) is 56.9 Å². The van der Waals surface area contributed by atoms with Crippen molar-refractivity contribution in [2.45, 2.75) is 359 Å². The standard InChI is InChI=1S/C19H30O4.2C16H26O3.C12H22O4.2C10H16O4/c1-5-18(2,3)17(21)22-11-16(20)23-19(4)14-7-12-6-13(9-14)10-15(19)8-12;2*1-4-14(2,3)13(17)19-16-8-11-5-12(9-16)7-15(18,6-11)10-16;1-7-12(5,6)10(14)15-8-9(13)16-11(2,3)4;2*1-4-10(2,3)9(12)14-7-5-6-13-8(7)11/h12-15H,5-11H2,1-4H3;2*11-12,18H,4-10H2,1-3H3;7-8H2,1-6H3;2*7H,4-6H2,1-3H3. The van der Waals surface area contributed by atoms with E-state index in [1.54, 1.807) is 62.3 Å². The van der Waals surface area contributed by atoms with E-state index in [4.69, 9.17) is 47.4 Å². The largest absolute Gasteiger partial charge is 0.463 e. The van der Waals surface area contributed by atoms with E-state index in [2.05, 4.69) is 6.92 Å². The van der Waals surface area contributed by atoms with Crippen molar-refractivity contribution in [3.05, 3.63) is 0 Å². The van der Waals surface area contributed by atoms with Gasteiger partial charge >= 0.3 is 59.7 Å². The first-order chi connectivity index (χ1) is 48.3. The van der Waals surface area contributed by atoms with E-state index in [0.717, 1.165) is 76.0 Å². The molecule has 22 heteroatoms. The van der Waals surface area contributed by atoms with E-state index in [1.807, 2.05) is 83.1 Å². The van der Waals surface area contributed by atoms with Crippen molar-refractivity contribution in [1.29, 1.82) is 0 Å². The van der Waals surface area contributed by atoms with Crippen LogP contribution >= 0.6 is 0 Å². The van der Waals surface area contributed by atoms with E-state index >= 15 is 0 Å². The molecule has 12 aliphatic carbocycles. The number of carbonyl (C=O) groups is 10. The first-order valence-corrected chi connectivity index (χ1v) is 39.7. The van der Waals surface area contributed by atoms with E-state index < -0.39 is 79.4 Å². The van der Waals surface area contributed by atoms with Gasteiger partial charge in [0.15, 0.2) is 13.2 Å². The second kappa shape index (κ2) is 34.3. The Bertz CT molecular complexity index is 2880. The van der Waals surface area contributed by atoms with Crippen LogP contribution in [-0.4, -0.2) is 142 Å². The summed E-state index contributed by atoms with van der Waals surface area (Å²) in [6, 6.07) is 0. The molecule has 0 spiro atoms. The molecular formula is C83H136O22. The average molecular weight is 1490 g/mol. The fourth-order valence-electron chi connectivity index (χ4n) is 17.4. The third kappa shape index (κ3) is 23.3. The van der Waals surface area contributed by atoms with Crippen LogP contribution in [0.4, 0.5) is 0 Å². The zero-order chi connectivity index (χ0) is 79.1. The summed E-state index contributed by atoms with van der Waals surface area (Å²) in [5.41, 5.74) is -5.70. The van der Waals surface area contributed by atoms with E-state index in [1.165, 1.54) is 44.9 Å². The lowest BCUT2D eigenvalue weighted by atomic mass is 9.50. The number of rotatable bonds is 21. The Morgan fingerprint density at radius 3 is 0.952 bits per heavy atom. The number of esters is 10. The quantitative estimate of drug-likeness (QED) is 0.0797. The molecule has 0 aromatic heterocycles. The Kier molecular flexibility index (Phi) is 28.9. The van der Waals surface area contributed by atoms with Gasteiger partial charge < -0.3 is 57.6 Å². The van der Waals surface area contributed by atoms with Gasteiger partial charge in [-0.05, 0) is 293 Å². The van der Waals surface area contributed by atoms with Crippen molar-refractivity contribution in [3.63, 3.8) is 0 Å². The predicted molar refractivity (Wildman–Crippen MR) is 392 cm³/mol. The van der Waals surface area contributed by atoms with Crippen LogP contribution in [0.25, 0.3) is 0 Å². The number of cyclic esters (lactones) is 2. The van der Waals surface area contributed by atoms with Gasteiger partial charge in [-0.3, -0.25) is 28.8 Å². The number of hydrogen-bond donors (Lipinski definition) is 2. The summed E-state index contributed by atoms with van der Waals surface area (Å²) >= 11 is 0. The molecule has 12 saturated carbocycles. The Morgan fingerprint density at radius 1 is 0.390 bits per heavy atom. The lowest BCUT2D eigenvalue weighted by Crippen LogP contribution is -2.61. The Hall–Kier alpha value is -5.38. The monoisotopic (exact) mass is 1480 g/mol. The fraction of sp³-hybridized carbons (Fsp3) is 0.880. The fourth-order valence-corrected chi connectivity index (χ4v) is 17.4. The predicted octanol–water partition coefficient (Wildman–Crippen LogP) is 14.7. The second-order valence-electron chi connectivity index (χ2n) is 38.3.